The Balaban J connectivity index is 0.00000242. The van der Waals surface area contributed by atoms with E-state index >= 15 is 0 Å². The van der Waals surface area contributed by atoms with Crippen molar-refractivity contribution in [2.75, 3.05) is 20.1 Å². The molecule has 1 aliphatic rings. The predicted molar refractivity (Wildman–Crippen MR) is 86.9 cm³/mol. The van der Waals surface area contributed by atoms with E-state index in [-0.39, 0.29) is 40.7 Å². The van der Waals surface area contributed by atoms with Crippen molar-refractivity contribution in [2.45, 2.75) is 50.3 Å². The predicted octanol–water partition coefficient (Wildman–Crippen LogP) is 0.118. The molecule has 0 radical (unpaired) electrons. The molecule has 5 heteroatoms. The monoisotopic (exact) mass is 437 g/mol. The molecule has 0 aliphatic heterocycles. The molecule has 1 saturated carbocycles. The first-order valence-corrected chi connectivity index (χ1v) is 9.37. The summed E-state index contributed by atoms with van der Waals surface area (Å²) >= 11 is 0. The van der Waals surface area contributed by atoms with Gasteiger partial charge in [-0.15, -0.1) is 0 Å². The summed E-state index contributed by atoms with van der Waals surface area (Å²) in [5.41, 5.74) is 0.0767. The zero-order valence-electron chi connectivity index (χ0n) is 14.2. The molecule has 1 fully saturated rings. The number of nitrogens with zero attached hydrogens (tertiary/aromatic N) is 1. The van der Waals surface area contributed by atoms with Gasteiger partial charge >= 0.3 is 0 Å². The van der Waals surface area contributed by atoms with Crippen LogP contribution in [0.15, 0.2) is 35.2 Å². The Bertz CT molecular complexity index is 594. The number of hydrogen-bond donors (Lipinski definition) is 0. The largest absolute Gasteiger partial charge is 1.00 e. The van der Waals surface area contributed by atoms with Gasteiger partial charge in [0, 0.05) is 5.41 Å². The maximum atomic E-state index is 13.0. The van der Waals surface area contributed by atoms with Crippen LogP contribution in [-0.2, 0) is 9.84 Å². The lowest BCUT2D eigenvalue weighted by atomic mass is 9.65. The Morgan fingerprint density at radius 2 is 1.64 bits per heavy atom. The molecule has 0 bridgehead atoms. The molecule has 2 atom stereocenters. The molecular weight excluding hydrogens is 409 g/mol. The molecule has 2 unspecified atom stereocenters. The maximum absolute atomic E-state index is 13.0. The third kappa shape index (κ3) is 3.22. The molecule has 3 nitrogen and oxygen atoms in total. The molecule has 0 aromatic heterocycles. The number of quaternary nitrogens is 1. The summed E-state index contributed by atoms with van der Waals surface area (Å²) in [6, 6.07) is 9.08. The van der Waals surface area contributed by atoms with Crippen LogP contribution in [0.5, 0.6) is 0 Å². The lowest BCUT2D eigenvalue weighted by Crippen LogP contribution is -3.00. The normalized spacial score (nSPS) is 24.2. The van der Waals surface area contributed by atoms with E-state index in [0.29, 0.717) is 4.90 Å². The summed E-state index contributed by atoms with van der Waals surface area (Å²) in [7, 11) is -1.05. The van der Waals surface area contributed by atoms with Crippen molar-refractivity contribution >= 4 is 9.84 Å². The Hall–Kier alpha value is -0.140. The van der Waals surface area contributed by atoms with E-state index in [9.17, 15) is 8.42 Å². The zero-order valence-corrected chi connectivity index (χ0v) is 17.2. The minimum Gasteiger partial charge on any atom is -1.00 e. The SMILES string of the molecule is CC[N+](C)(CC)C1C(S(=O)(=O)c2ccccc2)CC1(C)C.[I-]. The van der Waals surface area contributed by atoms with Crippen LogP contribution in [0.25, 0.3) is 0 Å². The molecule has 126 valence electrons. The molecule has 0 N–H and O–H groups in total. The van der Waals surface area contributed by atoms with Crippen molar-refractivity contribution in [1.82, 2.24) is 0 Å². The van der Waals surface area contributed by atoms with Crippen LogP contribution >= 0.6 is 0 Å². The maximum Gasteiger partial charge on any atom is 0.187 e. The van der Waals surface area contributed by atoms with E-state index in [4.69, 9.17) is 0 Å². The van der Waals surface area contributed by atoms with Gasteiger partial charge in [0.25, 0.3) is 0 Å². The number of hydrogen-bond acceptors (Lipinski definition) is 2. The molecule has 0 amide bonds. The molecule has 22 heavy (non-hydrogen) atoms. The number of benzene rings is 1. The molecule has 2 rings (SSSR count). The molecule has 0 spiro atoms. The number of halogens is 1. The van der Waals surface area contributed by atoms with Crippen LogP contribution < -0.4 is 24.0 Å². The van der Waals surface area contributed by atoms with Gasteiger partial charge in [-0.25, -0.2) is 8.42 Å². The first-order chi connectivity index (χ1) is 9.69. The van der Waals surface area contributed by atoms with Crippen molar-refractivity contribution < 1.29 is 36.9 Å². The lowest BCUT2D eigenvalue weighted by molar-refractivity contribution is -0.943. The van der Waals surface area contributed by atoms with E-state index in [1.165, 1.54) is 0 Å². The first kappa shape index (κ1) is 19.9. The third-order valence-corrected chi connectivity index (χ3v) is 7.62. The highest BCUT2D eigenvalue weighted by molar-refractivity contribution is 7.92. The van der Waals surface area contributed by atoms with Crippen molar-refractivity contribution in [1.29, 1.82) is 0 Å². The molecule has 0 saturated heterocycles. The van der Waals surface area contributed by atoms with Crippen LogP contribution in [0.1, 0.15) is 34.1 Å². The Kier molecular flexibility index (Phi) is 6.13. The number of rotatable bonds is 5. The van der Waals surface area contributed by atoms with Gasteiger partial charge in [-0.3, -0.25) is 0 Å². The van der Waals surface area contributed by atoms with Gasteiger partial charge in [0.15, 0.2) is 9.84 Å². The average Bonchev–Trinajstić information content (AvgIpc) is 2.45. The summed E-state index contributed by atoms with van der Waals surface area (Å²) < 4.78 is 26.8. The van der Waals surface area contributed by atoms with E-state index in [1.807, 2.05) is 6.07 Å². The third-order valence-electron chi connectivity index (χ3n) is 5.47. The Morgan fingerprint density at radius 1 is 1.14 bits per heavy atom. The van der Waals surface area contributed by atoms with Gasteiger partial charge in [0.05, 0.1) is 25.0 Å². The van der Waals surface area contributed by atoms with Crippen LogP contribution in [0, 0.1) is 5.41 Å². The van der Waals surface area contributed by atoms with Crippen molar-refractivity contribution in [3.63, 3.8) is 0 Å². The molecule has 0 heterocycles. The summed E-state index contributed by atoms with van der Waals surface area (Å²) in [4.78, 5) is 0.467. The molecule has 1 aliphatic carbocycles. The van der Waals surface area contributed by atoms with Crippen molar-refractivity contribution in [2.24, 2.45) is 5.41 Å². The van der Waals surface area contributed by atoms with Gasteiger partial charge in [-0.1, -0.05) is 32.0 Å². The minimum absolute atomic E-state index is 0. The lowest BCUT2D eigenvalue weighted by Gasteiger charge is -2.58. The van der Waals surface area contributed by atoms with Crippen molar-refractivity contribution in [3.8, 4) is 0 Å². The summed E-state index contributed by atoms with van der Waals surface area (Å²) in [5, 5.41) is -0.264. The molecular formula is C17H28INO2S. The number of sulfone groups is 1. The Morgan fingerprint density at radius 3 is 2.05 bits per heavy atom. The fourth-order valence-corrected chi connectivity index (χ4v) is 6.56. The van der Waals surface area contributed by atoms with Gasteiger partial charge in [0.1, 0.15) is 11.3 Å². The summed E-state index contributed by atoms with van der Waals surface area (Å²) in [6.45, 7) is 10.7. The van der Waals surface area contributed by atoms with E-state index < -0.39 is 9.84 Å². The van der Waals surface area contributed by atoms with Crippen LogP contribution in [0.4, 0.5) is 0 Å². The fourth-order valence-electron chi connectivity index (χ4n) is 4.02. The van der Waals surface area contributed by atoms with E-state index in [1.54, 1.807) is 24.3 Å². The first-order valence-electron chi connectivity index (χ1n) is 7.82. The minimum atomic E-state index is -3.24. The standard InChI is InChI=1S/C17H28NO2S.HI/c1-6-18(5,7-2)16-15(13-17(16,3)4)21(19,20)14-11-9-8-10-12-14;/h8-12,15-16H,6-7,13H2,1-5H3;1H/q+1;/p-1. The highest BCUT2D eigenvalue weighted by Gasteiger charge is 2.61. The smallest absolute Gasteiger partial charge is 0.187 e. The van der Waals surface area contributed by atoms with Gasteiger partial charge < -0.3 is 28.5 Å². The van der Waals surface area contributed by atoms with E-state index in [2.05, 4.69) is 34.7 Å². The quantitative estimate of drug-likeness (QED) is 0.485. The van der Waals surface area contributed by atoms with Gasteiger partial charge in [-0.2, -0.15) is 0 Å². The molecule has 1 aromatic rings. The second kappa shape index (κ2) is 6.77. The van der Waals surface area contributed by atoms with Crippen LogP contribution in [0.2, 0.25) is 0 Å². The van der Waals surface area contributed by atoms with Crippen molar-refractivity contribution in [3.05, 3.63) is 30.3 Å². The van der Waals surface area contributed by atoms with Gasteiger partial charge in [-0.05, 0) is 32.4 Å². The fraction of sp³-hybridized carbons (Fsp3) is 0.647. The second-order valence-corrected chi connectivity index (χ2v) is 9.31. The summed E-state index contributed by atoms with van der Waals surface area (Å²) in [5.74, 6) is 0. The van der Waals surface area contributed by atoms with Crippen LogP contribution in [0.3, 0.4) is 0 Å². The van der Waals surface area contributed by atoms with E-state index in [0.717, 1.165) is 24.0 Å². The highest BCUT2D eigenvalue weighted by Crippen LogP contribution is 2.50. The second-order valence-electron chi connectivity index (χ2n) is 7.15. The highest BCUT2D eigenvalue weighted by atomic mass is 127. The topological polar surface area (TPSA) is 34.1 Å². The summed E-state index contributed by atoms with van der Waals surface area (Å²) in [6.07, 6.45) is 0.753. The zero-order chi connectivity index (χ0) is 15.9. The average molecular weight is 437 g/mol. The van der Waals surface area contributed by atoms with Gasteiger partial charge in [0.2, 0.25) is 0 Å². The molecule has 1 aromatic carbocycles. The van der Waals surface area contributed by atoms with Crippen LogP contribution in [-0.4, -0.2) is 44.3 Å². The Labute approximate surface area is 152 Å².